The van der Waals surface area contributed by atoms with Crippen molar-refractivity contribution in [3.05, 3.63) is 57.2 Å². The van der Waals surface area contributed by atoms with Gasteiger partial charge in [-0.3, -0.25) is 9.48 Å². The fourth-order valence-corrected chi connectivity index (χ4v) is 4.86. The van der Waals surface area contributed by atoms with Crippen molar-refractivity contribution in [2.45, 2.75) is 31.8 Å². The van der Waals surface area contributed by atoms with Crippen LogP contribution in [0.2, 0.25) is 0 Å². The number of amides is 1. The number of carbonyl (C=O) groups is 1. The largest absolute Gasteiger partial charge is 0.347 e. The molecule has 4 rings (SSSR count). The molecular weight excluding hydrogens is 412 g/mol. The van der Waals surface area contributed by atoms with E-state index in [1.807, 2.05) is 24.8 Å². The molecule has 0 radical (unpaired) electrons. The number of aromatic nitrogens is 2. The number of rotatable bonds is 5. The zero-order chi connectivity index (χ0) is 21.4. The summed E-state index contributed by atoms with van der Waals surface area (Å²) in [6, 6.07) is 3.27. The highest BCUT2D eigenvalue weighted by Gasteiger charge is 2.24. The van der Waals surface area contributed by atoms with Crippen LogP contribution < -0.4 is 16.5 Å². The zero-order valence-electron chi connectivity index (χ0n) is 16.3. The van der Waals surface area contributed by atoms with Gasteiger partial charge in [0.25, 0.3) is 5.91 Å². The standard InChI is InChI=1S/C20H20BF3N4OS/c21-13-9-26-28-5-1-2-15-12(19(13)28)7-16(30-15)20(29)27-11(8-25)6-10-3-4-14(22)18(24)17(10)23/h3-4,7,9,11H,1-2,5-6,8,21,25H2,(H,27,29)/t11-/m0/s1. The van der Waals surface area contributed by atoms with Crippen LogP contribution in [0.25, 0.3) is 11.3 Å². The van der Waals surface area contributed by atoms with Gasteiger partial charge in [0.15, 0.2) is 17.5 Å². The Morgan fingerprint density at radius 2 is 2.13 bits per heavy atom. The first-order valence-electron chi connectivity index (χ1n) is 9.67. The molecule has 1 amide bonds. The van der Waals surface area contributed by atoms with Gasteiger partial charge in [0.05, 0.1) is 10.6 Å². The minimum atomic E-state index is -1.52. The van der Waals surface area contributed by atoms with Gasteiger partial charge >= 0.3 is 0 Å². The summed E-state index contributed by atoms with van der Waals surface area (Å²) < 4.78 is 42.6. The molecule has 0 bridgehead atoms. The number of nitrogens with one attached hydrogen (secondary N) is 1. The quantitative estimate of drug-likeness (QED) is 0.475. The molecule has 1 aliphatic rings. The van der Waals surface area contributed by atoms with Crippen LogP contribution in [0.15, 0.2) is 24.4 Å². The molecule has 1 aliphatic heterocycles. The van der Waals surface area contributed by atoms with Crippen molar-refractivity contribution < 1.29 is 18.0 Å². The molecule has 0 aliphatic carbocycles. The fraction of sp³-hybridized carbons (Fsp3) is 0.300. The predicted octanol–water partition coefficient (Wildman–Crippen LogP) is 1.53. The summed E-state index contributed by atoms with van der Waals surface area (Å²) in [5, 5.41) is 7.20. The number of halogens is 3. The van der Waals surface area contributed by atoms with Gasteiger partial charge in [-0.05, 0) is 42.4 Å². The SMILES string of the molecule is Bc1cnn2c1-c1cc(C(=O)N[C@H](CN)Cc3ccc(F)c(F)c3F)sc1CCC2. The molecule has 0 unspecified atom stereocenters. The molecule has 0 saturated heterocycles. The highest BCUT2D eigenvalue weighted by Crippen LogP contribution is 2.34. The molecule has 5 nitrogen and oxygen atoms in total. The van der Waals surface area contributed by atoms with Gasteiger partial charge in [0, 0.05) is 35.8 Å². The minimum Gasteiger partial charge on any atom is -0.347 e. The van der Waals surface area contributed by atoms with Crippen LogP contribution in [0.3, 0.4) is 0 Å². The second-order valence-corrected chi connectivity index (χ2v) is 8.53. The lowest BCUT2D eigenvalue weighted by atomic mass is 9.93. The third-order valence-electron chi connectivity index (χ3n) is 5.29. The van der Waals surface area contributed by atoms with Gasteiger partial charge in [0.1, 0.15) is 7.85 Å². The normalized spacial score (nSPS) is 14.0. The Morgan fingerprint density at radius 1 is 1.33 bits per heavy atom. The summed E-state index contributed by atoms with van der Waals surface area (Å²) in [7, 11) is 1.99. The third-order valence-corrected chi connectivity index (χ3v) is 6.48. The Hall–Kier alpha value is -2.59. The molecule has 0 spiro atoms. The Bertz CT molecular complexity index is 1110. The molecule has 1 atom stereocenters. The molecule has 156 valence electrons. The maximum atomic E-state index is 14.0. The molecule has 3 aromatic rings. The van der Waals surface area contributed by atoms with Gasteiger partial charge in [-0.25, -0.2) is 13.2 Å². The highest BCUT2D eigenvalue weighted by atomic mass is 32.1. The highest BCUT2D eigenvalue weighted by molar-refractivity contribution is 7.14. The van der Waals surface area contributed by atoms with Gasteiger partial charge < -0.3 is 11.1 Å². The number of nitrogens with zero attached hydrogens (tertiary/aromatic N) is 2. The number of fused-ring (bicyclic) bond motifs is 3. The van der Waals surface area contributed by atoms with Crippen LogP contribution in [0.4, 0.5) is 13.2 Å². The van der Waals surface area contributed by atoms with Crippen molar-refractivity contribution >= 4 is 30.6 Å². The average Bonchev–Trinajstić information content (AvgIpc) is 3.26. The van der Waals surface area contributed by atoms with Crippen LogP contribution in [-0.2, 0) is 19.4 Å². The Labute approximate surface area is 176 Å². The first-order chi connectivity index (χ1) is 14.4. The maximum absolute atomic E-state index is 14.0. The third kappa shape index (κ3) is 3.77. The fourth-order valence-electron chi connectivity index (χ4n) is 3.75. The first kappa shape index (κ1) is 20.7. The molecule has 10 heteroatoms. The Balaban J connectivity index is 1.55. The van der Waals surface area contributed by atoms with E-state index in [-0.39, 0.29) is 24.4 Å². The lowest BCUT2D eigenvalue weighted by molar-refractivity contribution is 0.0942. The lowest BCUT2D eigenvalue weighted by Crippen LogP contribution is -2.41. The molecule has 3 heterocycles. The second kappa shape index (κ2) is 8.27. The van der Waals surface area contributed by atoms with Crippen molar-refractivity contribution in [3.8, 4) is 11.3 Å². The number of thiophene rings is 1. The summed E-state index contributed by atoms with van der Waals surface area (Å²) in [5.74, 6) is -4.35. The number of carbonyl (C=O) groups excluding carboxylic acids is 1. The van der Waals surface area contributed by atoms with E-state index in [9.17, 15) is 18.0 Å². The number of benzene rings is 1. The topological polar surface area (TPSA) is 72.9 Å². The summed E-state index contributed by atoms with van der Waals surface area (Å²) in [6.45, 7) is 0.863. The zero-order valence-corrected chi connectivity index (χ0v) is 17.2. The van der Waals surface area contributed by atoms with Crippen molar-refractivity contribution in [2.24, 2.45) is 5.73 Å². The predicted molar refractivity (Wildman–Crippen MR) is 112 cm³/mol. The van der Waals surface area contributed by atoms with E-state index < -0.39 is 23.5 Å². The second-order valence-electron chi connectivity index (χ2n) is 7.40. The summed E-state index contributed by atoms with van der Waals surface area (Å²) >= 11 is 1.42. The van der Waals surface area contributed by atoms with Crippen molar-refractivity contribution in [3.63, 3.8) is 0 Å². The van der Waals surface area contributed by atoms with E-state index in [4.69, 9.17) is 5.73 Å². The molecule has 30 heavy (non-hydrogen) atoms. The molecule has 2 aromatic heterocycles. The molecule has 0 saturated carbocycles. The van der Waals surface area contributed by atoms with E-state index >= 15 is 0 Å². The lowest BCUT2D eigenvalue weighted by Gasteiger charge is -2.17. The first-order valence-corrected chi connectivity index (χ1v) is 10.5. The summed E-state index contributed by atoms with van der Waals surface area (Å²) in [6.07, 6.45) is 3.57. The van der Waals surface area contributed by atoms with Gasteiger partial charge in [0.2, 0.25) is 0 Å². The smallest absolute Gasteiger partial charge is 0.261 e. The van der Waals surface area contributed by atoms with E-state index in [0.29, 0.717) is 4.88 Å². The molecule has 3 N–H and O–H groups in total. The molecule has 1 aromatic carbocycles. The van der Waals surface area contributed by atoms with Gasteiger partial charge in [-0.15, -0.1) is 11.3 Å². The van der Waals surface area contributed by atoms with Crippen LogP contribution in [0.1, 0.15) is 26.5 Å². The Morgan fingerprint density at radius 3 is 2.90 bits per heavy atom. The maximum Gasteiger partial charge on any atom is 0.261 e. The van der Waals surface area contributed by atoms with Crippen LogP contribution >= 0.6 is 11.3 Å². The van der Waals surface area contributed by atoms with Crippen molar-refractivity contribution in [2.75, 3.05) is 6.54 Å². The van der Waals surface area contributed by atoms with E-state index in [1.165, 1.54) is 17.4 Å². The van der Waals surface area contributed by atoms with Crippen LogP contribution in [0.5, 0.6) is 0 Å². The summed E-state index contributed by atoms with van der Waals surface area (Å²) in [4.78, 5) is 14.5. The van der Waals surface area contributed by atoms with Crippen LogP contribution in [-0.4, -0.2) is 36.1 Å². The average molecular weight is 432 g/mol. The van der Waals surface area contributed by atoms with E-state index in [0.717, 1.165) is 47.1 Å². The monoisotopic (exact) mass is 432 g/mol. The van der Waals surface area contributed by atoms with Gasteiger partial charge in [-0.1, -0.05) is 6.07 Å². The van der Waals surface area contributed by atoms with Gasteiger partial charge in [-0.2, -0.15) is 5.10 Å². The number of hydrogen-bond donors (Lipinski definition) is 2. The van der Waals surface area contributed by atoms with E-state index in [2.05, 4.69) is 10.4 Å². The van der Waals surface area contributed by atoms with Crippen LogP contribution in [0, 0.1) is 17.5 Å². The number of aryl methyl sites for hydroxylation is 2. The number of nitrogens with two attached hydrogens (primary N) is 1. The number of hydrogen-bond acceptors (Lipinski definition) is 4. The van der Waals surface area contributed by atoms with E-state index in [1.54, 1.807) is 0 Å². The van der Waals surface area contributed by atoms with Crippen molar-refractivity contribution in [1.82, 2.24) is 15.1 Å². The van der Waals surface area contributed by atoms with Crippen molar-refractivity contribution in [1.29, 1.82) is 0 Å². The minimum absolute atomic E-state index is 0.0289. The molecular formula is C20H20BF3N4OS. The Kier molecular flexibility index (Phi) is 5.70. The summed E-state index contributed by atoms with van der Waals surface area (Å²) in [5.41, 5.74) is 8.79. The molecule has 0 fully saturated rings.